The number of aromatic nitrogens is 3. The fraction of sp³-hybridized carbons (Fsp3) is 0.360. The van der Waals surface area contributed by atoms with Crippen molar-refractivity contribution in [2.75, 3.05) is 43.0 Å². The lowest BCUT2D eigenvalue weighted by Gasteiger charge is -2.35. The summed E-state index contributed by atoms with van der Waals surface area (Å²) in [5.74, 6) is 2.35. The van der Waals surface area contributed by atoms with Crippen LogP contribution < -0.4 is 15.0 Å². The zero-order chi connectivity index (χ0) is 22.9. The van der Waals surface area contributed by atoms with Crippen LogP contribution in [0.2, 0.25) is 0 Å². The van der Waals surface area contributed by atoms with Crippen LogP contribution in [0, 0.1) is 0 Å². The maximum atomic E-state index is 12.9. The summed E-state index contributed by atoms with van der Waals surface area (Å²) in [4.78, 5) is 20.9. The fourth-order valence-corrected chi connectivity index (χ4v) is 3.70. The summed E-state index contributed by atoms with van der Waals surface area (Å²) in [7, 11) is 0. The number of unbranched alkanes of at least 4 members (excludes halogenated alkanes) is 2. The first-order valence-corrected chi connectivity index (χ1v) is 11.5. The van der Waals surface area contributed by atoms with Crippen molar-refractivity contribution in [3.05, 3.63) is 66.5 Å². The van der Waals surface area contributed by atoms with Gasteiger partial charge in [0.25, 0.3) is 5.91 Å². The molecule has 1 fully saturated rings. The number of hydrogen-bond donors (Lipinski definition) is 1. The predicted molar refractivity (Wildman–Crippen MR) is 129 cm³/mol. The van der Waals surface area contributed by atoms with Crippen molar-refractivity contribution < 1.29 is 9.53 Å². The lowest BCUT2D eigenvalue weighted by Crippen LogP contribution is -2.49. The Bertz CT molecular complexity index is 1000. The van der Waals surface area contributed by atoms with Gasteiger partial charge >= 0.3 is 0 Å². The van der Waals surface area contributed by atoms with E-state index >= 15 is 0 Å². The molecule has 0 unspecified atom stereocenters. The number of pyridine rings is 1. The van der Waals surface area contributed by atoms with Crippen LogP contribution in [0.3, 0.4) is 0 Å². The van der Waals surface area contributed by atoms with Gasteiger partial charge in [-0.25, -0.2) is 0 Å². The number of nitrogens with one attached hydrogen (secondary N) is 1. The average molecular weight is 447 g/mol. The molecular weight excluding hydrogens is 416 g/mol. The third-order valence-electron chi connectivity index (χ3n) is 5.61. The number of hydrogen-bond acceptors (Lipinski definition) is 7. The SMILES string of the molecule is CCCCCOc1ccc(C(=O)N2CCN(c3ccc(Nc4ccncc4)nn3)CC2)cc1. The van der Waals surface area contributed by atoms with Crippen LogP contribution in [0.1, 0.15) is 36.5 Å². The molecule has 0 radical (unpaired) electrons. The van der Waals surface area contributed by atoms with Gasteiger partial charge < -0.3 is 19.9 Å². The van der Waals surface area contributed by atoms with Crippen molar-refractivity contribution in [2.45, 2.75) is 26.2 Å². The fourth-order valence-electron chi connectivity index (χ4n) is 3.70. The molecule has 1 saturated heterocycles. The first-order valence-electron chi connectivity index (χ1n) is 11.5. The van der Waals surface area contributed by atoms with E-state index in [-0.39, 0.29) is 5.91 Å². The molecule has 0 aliphatic carbocycles. The Labute approximate surface area is 194 Å². The first-order chi connectivity index (χ1) is 16.2. The summed E-state index contributed by atoms with van der Waals surface area (Å²) in [6.07, 6.45) is 6.84. The molecule has 4 rings (SSSR count). The van der Waals surface area contributed by atoms with E-state index in [4.69, 9.17) is 4.74 Å². The second-order valence-electron chi connectivity index (χ2n) is 8.00. The molecule has 8 nitrogen and oxygen atoms in total. The number of amides is 1. The van der Waals surface area contributed by atoms with Crippen LogP contribution in [-0.4, -0.2) is 58.8 Å². The van der Waals surface area contributed by atoms with Crippen LogP contribution >= 0.6 is 0 Å². The third-order valence-corrected chi connectivity index (χ3v) is 5.61. The lowest BCUT2D eigenvalue weighted by molar-refractivity contribution is 0.0746. The molecule has 33 heavy (non-hydrogen) atoms. The quantitative estimate of drug-likeness (QED) is 0.495. The van der Waals surface area contributed by atoms with Crippen LogP contribution in [0.5, 0.6) is 5.75 Å². The standard InChI is InChI=1S/C25H30N6O2/c1-2-3-4-19-33-22-7-5-20(6-8-22)25(32)31-17-15-30(16-18-31)24-10-9-23(28-29-24)27-21-11-13-26-14-12-21/h5-14H,2-4,15-19H2,1H3,(H,26,27,28). The number of piperazine rings is 1. The van der Waals surface area contributed by atoms with Crippen LogP contribution in [0.15, 0.2) is 60.9 Å². The monoisotopic (exact) mass is 446 g/mol. The van der Waals surface area contributed by atoms with Crippen LogP contribution in [-0.2, 0) is 0 Å². The van der Waals surface area contributed by atoms with Crippen molar-refractivity contribution in [3.63, 3.8) is 0 Å². The molecule has 3 heterocycles. The van der Waals surface area contributed by atoms with E-state index in [1.54, 1.807) is 12.4 Å². The normalized spacial score (nSPS) is 13.6. The molecule has 0 spiro atoms. The molecule has 1 aliphatic rings. The van der Waals surface area contributed by atoms with Crippen molar-refractivity contribution in [1.82, 2.24) is 20.1 Å². The van der Waals surface area contributed by atoms with Crippen LogP contribution in [0.25, 0.3) is 0 Å². The summed E-state index contributed by atoms with van der Waals surface area (Å²) in [5, 5.41) is 11.8. The van der Waals surface area contributed by atoms with Gasteiger partial charge in [0, 0.05) is 49.8 Å². The second-order valence-corrected chi connectivity index (χ2v) is 8.00. The van der Waals surface area contributed by atoms with Gasteiger partial charge in [-0.15, -0.1) is 10.2 Å². The highest BCUT2D eigenvalue weighted by atomic mass is 16.5. The minimum Gasteiger partial charge on any atom is -0.494 e. The van der Waals surface area contributed by atoms with Gasteiger partial charge in [0.2, 0.25) is 0 Å². The molecule has 0 atom stereocenters. The van der Waals surface area contributed by atoms with E-state index < -0.39 is 0 Å². The molecule has 1 aromatic carbocycles. The maximum absolute atomic E-state index is 12.9. The van der Waals surface area contributed by atoms with Crippen molar-refractivity contribution in [1.29, 1.82) is 0 Å². The van der Waals surface area contributed by atoms with E-state index in [1.165, 1.54) is 12.8 Å². The Morgan fingerprint density at radius 3 is 2.36 bits per heavy atom. The molecule has 3 aromatic rings. The number of carbonyl (C=O) groups is 1. The Balaban J connectivity index is 1.26. The zero-order valence-corrected chi connectivity index (χ0v) is 19.0. The van der Waals surface area contributed by atoms with Gasteiger partial charge in [0.05, 0.1) is 6.61 Å². The van der Waals surface area contributed by atoms with Gasteiger partial charge in [-0.3, -0.25) is 9.78 Å². The smallest absolute Gasteiger partial charge is 0.253 e. The maximum Gasteiger partial charge on any atom is 0.253 e. The molecule has 1 amide bonds. The third kappa shape index (κ3) is 6.19. The minimum atomic E-state index is 0.0511. The summed E-state index contributed by atoms with van der Waals surface area (Å²) in [5.41, 5.74) is 1.60. The summed E-state index contributed by atoms with van der Waals surface area (Å²) in [6.45, 7) is 5.62. The lowest BCUT2D eigenvalue weighted by atomic mass is 10.1. The zero-order valence-electron chi connectivity index (χ0n) is 19.0. The van der Waals surface area contributed by atoms with Crippen molar-refractivity contribution in [3.8, 4) is 5.75 Å². The van der Waals surface area contributed by atoms with Gasteiger partial charge in [-0.05, 0) is 55.0 Å². The highest BCUT2D eigenvalue weighted by Crippen LogP contribution is 2.19. The van der Waals surface area contributed by atoms with E-state index in [0.29, 0.717) is 31.1 Å². The minimum absolute atomic E-state index is 0.0511. The Morgan fingerprint density at radius 1 is 0.939 bits per heavy atom. The molecule has 172 valence electrons. The second kappa shape index (κ2) is 11.3. The molecule has 1 aliphatic heterocycles. The number of anilines is 3. The summed E-state index contributed by atoms with van der Waals surface area (Å²) < 4.78 is 5.74. The van der Waals surface area contributed by atoms with Gasteiger partial charge in [-0.2, -0.15) is 0 Å². The molecule has 2 aromatic heterocycles. The molecule has 1 N–H and O–H groups in total. The molecule has 0 bridgehead atoms. The number of ether oxygens (including phenoxy) is 1. The van der Waals surface area contributed by atoms with Crippen molar-refractivity contribution >= 4 is 23.2 Å². The Hall–Kier alpha value is -3.68. The number of carbonyl (C=O) groups excluding carboxylic acids is 1. The average Bonchev–Trinajstić information content (AvgIpc) is 2.88. The number of nitrogens with zero attached hydrogens (tertiary/aromatic N) is 5. The van der Waals surface area contributed by atoms with Gasteiger partial charge in [-0.1, -0.05) is 19.8 Å². The van der Waals surface area contributed by atoms with Gasteiger partial charge in [0.15, 0.2) is 11.6 Å². The topological polar surface area (TPSA) is 83.5 Å². The van der Waals surface area contributed by atoms with Gasteiger partial charge in [0.1, 0.15) is 5.75 Å². The highest BCUT2D eigenvalue weighted by molar-refractivity contribution is 5.94. The largest absolute Gasteiger partial charge is 0.494 e. The molecular formula is C25H30N6O2. The van der Waals surface area contributed by atoms with Crippen LogP contribution in [0.4, 0.5) is 17.3 Å². The Morgan fingerprint density at radius 2 is 1.70 bits per heavy atom. The predicted octanol–water partition coefficient (Wildman–Crippen LogP) is 4.15. The van der Waals surface area contributed by atoms with E-state index in [9.17, 15) is 4.79 Å². The number of rotatable bonds is 9. The highest BCUT2D eigenvalue weighted by Gasteiger charge is 2.23. The molecule has 0 saturated carbocycles. The summed E-state index contributed by atoms with van der Waals surface area (Å²) in [6, 6.07) is 15.1. The number of benzene rings is 1. The molecule has 8 heteroatoms. The first kappa shape index (κ1) is 22.5. The van der Waals surface area contributed by atoms with Crippen molar-refractivity contribution in [2.24, 2.45) is 0 Å². The summed E-state index contributed by atoms with van der Waals surface area (Å²) >= 11 is 0. The van der Waals surface area contributed by atoms with E-state index in [1.807, 2.05) is 53.4 Å². The van der Waals surface area contributed by atoms with E-state index in [0.717, 1.165) is 36.8 Å². The van der Waals surface area contributed by atoms with E-state index in [2.05, 4.69) is 32.3 Å². The Kier molecular flexibility index (Phi) is 7.68.